The van der Waals surface area contributed by atoms with Gasteiger partial charge in [-0.2, -0.15) is 13.2 Å². The van der Waals surface area contributed by atoms with Crippen LogP contribution in [0.15, 0.2) is 48.9 Å². The summed E-state index contributed by atoms with van der Waals surface area (Å²) in [4.78, 5) is 16.5. The van der Waals surface area contributed by atoms with Crippen molar-refractivity contribution in [2.45, 2.75) is 26.2 Å². The van der Waals surface area contributed by atoms with E-state index in [-0.39, 0.29) is 0 Å². The van der Waals surface area contributed by atoms with Gasteiger partial charge < -0.3 is 10.6 Å². The molecule has 10 heteroatoms. The van der Waals surface area contributed by atoms with Gasteiger partial charge in [0.1, 0.15) is 11.5 Å². The number of nitrogens with one attached hydrogen (secondary N) is 2. The van der Waals surface area contributed by atoms with Crippen molar-refractivity contribution >= 4 is 32.5 Å². The molecule has 0 spiro atoms. The van der Waals surface area contributed by atoms with Crippen molar-refractivity contribution in [1.29, 1.82) is 0 Å². The minimum Gasteiger partial charge on any atom is -0.365 e. The second-order valence-electron chi connectivity index (χ2n) is 6.62. The molecule has 0 saturated heterocycles. The number of aromatic nitrogens is 4. The summed E-state index contributed by atoms with van der Waals surface area (Å²) in [7, 11) is 0. The SMILES string of the molecule is Cc1cncc(NCc2ccc3nc(NCc4ccc(C(F)(F)F)nc4)sc3c2)n1. The van der Waals surface area contributed by atoms with Gasteiger partial charge in [0.15, 0.2) is 5.13 Å². The Balaban J connectivity index is 1.39. The molecule has 4 aromatic rings. The van der Waals surface area contributed by atoms with Gasteiger partial charge in [-0.25, -0.2) is 9.97 Å². The van der Waals surface area contributed by atoms with E-state index in [4.69, 9.17) is 0 Å². The van der Waals surface area contributed by atoms with Crippen molar-refractivity contribution in [2.24, 2.45) is 0 Å². The van der Waals surface area contributed by atoms with E-state index in [1.807, 2.05) is 25.1 Å². The Morgan fingerprint density at radius 2 is 1.73 bits per heavy atom. The number of anilines is 2. The molecule has 0 amide bonds. The third-order valence-electron chi connectivity index (χ3n) is 4.24. The second kappa shape index (κ2) is 8.23. The normalized spacial score (nSPS) is 11.6. The number of halogens is 3. The van der Waals surface area contributed by atoms with Gasteiger partial charge in [0.05, 0.1) is 22.1 Å². The Kier molecular flexibility index (Phi) is 5.49. The fourth-order valence-electron chi connectivity index (χ4n) is 2.77. The number of hydrogen-bond acceptors (Lipinski definition) is 7. The predicted octanol–water partition coefficient (Wildman–Crippen LogP) is 5.03. The zero-order valence-electron chi connectivity index (χ0n) is 15.9. The fraction of sp³-hybridized carbons (Fsp3) is 0.200. The van der Waals surface area contributed by atoms with Crippen molar-refractivity contribution in [3.8, 4) is 0 Å². The number of benzene rings is 1. The Bertz CT molecular complexity index is 1160. The molecule has 0 fully saturated rings. The van der Waals surface area contributed by atoms with Crippen molar-refractivity contribution < 1.29 is 13.2 Å². The van der Waals surface area contributed by atoms with Gasteiger partial charge in [-0.3, -0.25) is 9.97 Å². The van der Waals surface area contributed by atoms with Crippen LogP contribution in [0.1, 0.15) is 22.5 Å². The molecule has 0 aliphatic rings. The van der Waals surface area contributed by atoms with Crippen LogP contribution in [-0.4, -0.2) is 19.9 Å². The second-order valence-corrected chi connectivity index (χ2v) is 7.65. The number of nitrogens with zero attached hydrogens (tertiary/aromatic N) is 4. The molecule has 0 atom stereocenters. The van der Waals surface area contributed by atoms with Gasteiger partial charge in [-0.05, 0) is 36.2 Å². The molecule has 3 heterocycles. The molecule has 3 aromatic heterocycles. The number of aryl methyl sites for hydroxylation is 1. The maximum absolute atomic E-state index is 12.6. The van der Waals surface area contributed by atoms with Crippen LogP contribution >= 0.6 is 11.3 Å². The Hall–Kier alpha value is -3.27. The molecule has 30 heavy (non-hydrogen) atoms. The topological polar surface area (TPSA) is 75.6 Å². The lowest BCUT2D eigenvalue weighted by Crippen LogP contribution is -2.08. The number of fused-ring (bicyclic) bond motifs is 1. The molecule has 154 valence electrons. The van der Waals surface area contributed by atoms with E-state index in [1.54, 1.807) is 12.4 Å². The highest BCUT2D eigenvalue weighted by molar-refractivity contribution is 7.22. The number of pyridine rings is 1. The number of hydrogen-bond donors (Lipinski definition) is 2. The molecule has 2 N–H and O–H groups in total. The van der Waals surface area contributed by atoms with Gasteiger partial charge in [-0.15, -0.1) is 0 Å². The third kappa shape index (κ3) is 4.82. The standard InChI is InChI=1S/C20H17F3N6S/c1-12-7-24-11-18(28-12)26-8-13-2-4-15-16(6-13)30-19(29-15)27-10-14-3-5-17(25-9-14)20(21,22)23/h2-7,9,11H,8,10H2,1H3,(H,26,28)(H,27,29). The fourth-order valence-corrected chi connectivity index (χ4v) is 3.70. The van der Waals surface area contributed by atoms with Gasteiger partial charge in [0.25, 0.3) is 0 Å². The Labute approximate surface area is 174 Å². The summed E-state index contributed by atoms with van der Waals surface area (Å²) >= 11 is 1.48. The van der Waals surface area contributed by atoms with Crippen molar-refractivity contribution in [3.63, 3.8) is 0 Å². The maximum Gasteiger partial charge on any atom is 0.433 e. The third-order valence-corrected chi connectivity index (χ3v) is 5.22. The lowest BCUT2D eigenvalue weighted by atomic mass is 10.2. The molecule has 0 unspecified atom stereocenters. The first-order chi connectivity index (χ1) is 14.4. The van der Waals surface area contributed by atoms with E-state index in [0.29, 0.717) is 29.6 Å². The Morgan fingerprint density at radius 3 is 2.47 bits per heavy atom. The first-order valence-electron chi connectivity index (χ1n) is 9.05. The lowest BCUT2D eigenvalue weighted by Gasteiger charge is -2.06. The van der Waals surface area contributed by atoms with E-state index >= 15 is 0 Å². The summed E-state index contributed by atoms with van der Waals surface area (Å²) in [5.74, 6) is 0.715. The van der Waals surface area contributed by atoms with Crippen LogP contribution in [0, 0.1) is 6.92 Å². The van der Waals surface area contributed by atoms with Crippen LogP contribution in [0.25, 0.3) is 10.2 Å². The van der Waals surface area contributed by atoms with Gasteiger partial charge in [-0.1, -0.05) is 23.5 Å². The molecule has 6 nitrogen and oxygen atoms in total. The van der Waals surface area contributed by atoms with Gasteiger partial charge in [0.2, 0.25) is 0 Å². The number of alkyl halides is 3. The van der Waals surface area contributed by atoms with Crippen molar-refractivity contribution in [3.05, 3.63) is 71.4 Å². The van der Waals surface area contributed by atoms with E-state index in [2.05, 4.69) is 30.6 Å². The minimum atomic E-state index is -4.43. The quantitative estimate of drug-likeness (QED) is 0.447. The zero-order valence-corrected chi connectivity index (χ0v) is 16.7. The van der Waals surface area contributed by atoms with E-state index in [0.717, 1.165) is 27.5 Å². The predicted molar refractivity (Wildman–Crippen MR) is 110 cm³/mol. The average Bonchev–Trinajstić information content (AvgIpc) is 3.13. The summed E-state index contributed by atoms with van der Waals surface area (Å²) in [6, 6.07) is 8.37. The lowest BCUT2D eigenvalue weighted by molar-refractivity contribution is -0.141. The molecule has 0 bridgehead atoms. The maximum atomic E-state index is 12.6. The summed E-state index contributed by atoms with van der Waals surface area (Å²) in [5.41, 5.74) is 2.52. The highest BCUT2D eigenvalue weighted by Crippen LogP contribution is 2.29. The van der Waals surface area contributed by atoms with Crippen LogP contribution < -0.4 is 10.6 Å². The smallest absolute Gasteiger partial charge is 0.365 e. The van der Waals surface area contributed by atoms with Crippen LogP contribution in [0.2, 0.25) is 0 Å². The molecule has 0 saturated carbocycles. The van der Waals surface area contributed by atoms with Crippen molar-refractivity contribution in [2.75, 3.05) is 10.6 Å². The van der Waals surface area contributed by atoms with Crippen LogP contribution in [0.4, 0.5) is 24.1 Å². The molecule has 0 aliphatic heterocycles. The summed E-state index contributed by atoms with van der Waals surface area (Å²) in [6.07, 6.45) is 0.165. The summed E-state index contributed by atoms with van der Waals surface area (Å²) < 4.78 is 38.8. The monoisotopic (exact) mass is 430 g/mol. The van der Waals surface area contributed by atoms with E-state index in [9.17, 15) is 13.2 Å². The van der Waals surface area contributed by atoms with Crippen LogP contribution in [0.5, 0.6) is 0 Å². The zero-order chi connectivity index (χ0) is 21.1. The van der Waals surface area contributed by atoms with Crippen molar-refractivity contribution in [1.82, 2.24) is 19.9 Å². The average molecular weight is 430 g/mol. The van der Waals surface area contributed by atoms with E-state index < -0.39 is 11.9 Å². The highest BCUT2D eigenvalue weighted by Gasteiger charge is 2.31. The van der Waals surface area contributed by atoms with Crippen LogP contribution in [0.3, 0.4) is 0 Å². The number of thiazole rings is 1. The molecular formula is C20H17F3N6S. The molecule has 4 rings (SSSR count). The largest absolute Gasteiger partial charge is 0.433 e. The molecule has 0 aliphatic carbocycles. The van der Waals surface area contributed by atoms with Crippen LogP contribution in [-0.2, 0) is 19.3 Å². The highest BCUT2D eigenvalue weighted by atomic mass is 32.1. The van der Waals surface area contributed by atoms with Gasteiger partial charge in [0, 0.05) is 25.5 Å². The minimum absolute atomic E-state index is 0.339. The number of rotatable bonds is 6. The Morgan fingerprint density at radius 1 is 0.933 bits per heavy atom. The molecular weight excluding hydrogens is 413 g/mol. The first-order valence-corrected chi connectivity index (χ1v) is 9.86. The molecule has 0 radical (unpaired) electrons. The summed E-state index contributed by atoms with van der Waals surface area (Å²) in [6.45, 7) is 2.83. The van der Waals surface area contributed by atoms with E-state index in [1.165, 1.54) is 23.6 Å². The molecule has 1 aromatic carbocycles. The summed E-state index contributed by atoms with van der Waals surface area (Å²) in [5, 5.41) is 7.08. The van der Waals surface area contributed by atoms with Gasteiger partial charge >= 0.3 is 6.18 Å². The first kappa shape index (κ1) is 20.0.